The number of nitrogens with one attached hydrogen (secondary N) is 1. The second kappa shape index (κ2) is 10.2. The lowest BCUT2D eigenvalue weighted by molar-refractivity contribution is -0.167. The molecule has 0 saturated carbocycles. The van der Waals surface area contributed by atoms with Crippen molar-refractivity contribution in [2.24, 2.45) is 0 Å². The van der Waals surface area contributed by atoms with Gasteiger partial charge in [0.1, 0.15) is 6.33 Å². The number of hydrogen-bond donors (Lipinski definition) is 1. The van der Waals surface area contributed by atoms with E-state index in [9.17, 15) is 4.79 Å². The molecule has 1 N–H and O–H groups in total. The van der Waals surface area contributed by atoms with Crippen LogP contribution in [0.1, 0.15) is 49.4 Å². The maximum absolute atomic E-state index is 12.6. The van der Waals surface area contributed by atoms with Crippen LogP contribution in [0, 0.1) is 0 Å². The SMILES string of the molecule is CN1C(=O)CC(c2ccncn2)NC1OC1CCN(c2ccc(CN3CCCC3)cc2)CC1. The Bertz CT molecular complexity index is 910. The highest BCUT2D eigenvalue weighted by Crippen LogP contribution is 2.26. The lowest BCUT2D eigenvalue weighted by Gasteiger charge is -2.41. The molecular weight excluding hydrogens is 416 g/mol. The number of benzene rings is 1. The third-order valence-electron chi connectivity index (χ3n) is 7.10. The topological polar surface area (TPSA) is 73.8 Å². The van der Waals surface area contributed by atoms with Crippen molar-refractivity contribution in [3.63, 3.8) is 0 Å². The van der Waals surface area contributed by atoms with Gasteiger partial charge in [0.2, 0.25) is 5.91 Å². The largest absolute Gasteiger partial charge is 0.371 e. The molecule has 2 aromatic rings. The van der Waals surface area contributed by atoms with Crippen molar-refractivity contribution < 1.29 is 9.53 Å². The summed E-state index contributed by atoms with van der Waals surface area (Å²) in [4.78, 5) is 27.5. The molecule has 0 aliphatic carbocycles. The number of nitrogens with zero attached hydrogens (tertiary/aromatic N) is 5. The van der Waals surface area contributed by atoms with Gasteiger partial charge in [-0.15, -0.1) is 0 Å². The Balaban J connectivity index is 1.13. The second-order valence-corrected chi connectivity index (χ2v) is 9.39. The summed E-state index contributed by atoms with van der Waals surface area (Å²) >= 11 is 0. The van der Waals surface area contributed by atoms with Crippen molar-refractivity contribution in [2.45, 2.75) is 57.1 Å². The molecule has 176 valence electrons. The predicted molar refractivity (Wildman–Crippen MR) is 126 cm³/mol. The molecule has 1 aromatic carbocycles. The smallest absolute Gasteiger partial charge is 0.227 e. The van der Waals surface area contributed by atoms with Gasteiger partial charge in [0.15, 0.2) is 6.35 Å². The highest BCUT2D eigenvalue weighted by molar-refractivity contribution is 5.77. The fraction of sp³-hybridized carbons (Fsp3) is 0.560. The van der Waals surface area contributed by atoms with E-state index in [1.165, 1.54) is 43.5 Å². The van der Waals surface area contributed by atoms with Crippen molar-refractivity contribution in [3.05, 3.63) is 54.1 Å². The van der Waals surface area contributed by atoms with Crippen molar-refractivity contribution in [1.29, 1.82) is 0 Å². The monoisotopic (exact) mass is 450 g/mol. The lowest BCUT2D eigenvalue weighted by atomic mass is 10.1. The molecule has 4 heterocycles. The number of amides is 1. The van der Waals surface area contributed by atoms with Gasteiger partial charge in [-0.1, -0.05) is 12.1 Å². The number of anilines is 1. The zero-order chi connectivity index (χ0) is 22.6. The molecule has 2 unspecified atom stereocenters. The average molecular weight is 451 g/mol. The van der Waals surface area contributed by atoms with Gasteiger partial charge < -0.3 is 14.5 Å². The van der Waals surface area contributed by atoms with Gasteiger partial charge in [0, 0.05) is 45.0 Å². The summed E-state index contributed by atoms with van der Waals surface area (Å²) in [6.45, 7) is 5.43. The van der Waals surface area contributed by atoms with E-state index < -0.39 is 6.35 Å². The molecule has 0 radical (unpaired) electrons. The number of aromatic nitrogens is 2. The minimum absolute atomic E-state index is 0.0637. The molecule has 3 aliphatic rings. The summed E-state index contributed by atoms with van der Waals surface area (Å²) in [6, 6.07) is 10.8. The number of carbonyl (C=O) groups excluding carboxylic acids is 1. The first-order valence-corrected chi connectivity index (χ1v) is 12.1. The number of carbonyl (C=O) groups is 1. The van der Waals surface area contributed by atoms with Gasteiger partial charge in [-0.3, -0.25) is 15.0 Å². The van der Waals surface area contributed by atoms with Crippen LogP contribution < -0.4 is 10.2 Å². The Morgan fingerprint density at radius 3 is 2.52 bits per heavy atom. The molecule has 1 aromatic heterocycles. The van der Waals surface area contributed by atoms with E-state index in [-0.39, 0.29) is 18.1 Å². The Labute approximate surface area is 195 Å². The summed E-state index contributed by atoms with van der Waals surface area (Å²) in [7, 11) is 1.80. The second-order valence-electron chi connectivity index (χ2n) is 9.39. The van der Waals surface area contributed by atoms with E-state index in [2.05, 4.69) is 49.4 Å². The van der Waals surface area contributed by atoms with E-state index in [1.807, 2.05) is 6.07 Å². The lowest BCUT2D eigenvalue weighted by Crippen LogP contribution is -2.56. The van der Waals surface area contributed by atoms with Crippen LogP contribution in [-0.4, -0.2) is 71.4 Å². The van der Waals surface area contributed by atoms with Gasteiger partial charge in [0.25, 0.3) is 0 Å². The maximum Gasteiger partial charge on any atom is 0.227 e. The Morgan fingerprint density at radius 2 is 1.82 bits per heavy atom. The number of ether oxygens (including phenoxy) is 1. The van der Waals surface area contributed by atoms with Crippen molar-refractivity contribution in [3.8, 4) is 0 Å². The van der Waals surface area contributed by atoms with Gasteiger partial charge in [0.05, 0.1) is 17.8 Å². The van der Waals surface area contributed by atoms with Crippen LogP contribution in [0.25, 0.3) is 0 Å². The number of hydrogen-bond acceptors (Lipinski definition) is 7. The van der Waals surface area contributed by atoms with E-state index in [4.69, 9.17) is 4.74 Å². The first-order chi connectivity index (χ1) is 16.2. The third-order valence-corrected chi connectivity index (χ3v) is 7.10. The highest BCUT2D eigenvalue weighted by atomic mass is 16.5. The first kappa shape index (κ1) is 22.3. The quantitative estimate of drug-likeness (QED) is 0.725. The molecule has 0 bridgehead atoms. The number of rotatable bonds is 6. The third kappa shape index (κ3) is 5.34. The minimum atomic E-state index is -0.437. The van der Waals surface area contributed by atoms with Crippen molar-refractivity contribution >= 4 is 11.6 Å². The molecule has 1 amide bonds. The number of piperidine rings is 1. The Hall–Kier alpha value is -2.55. The standard InChI is InChI=1S/C25H34N6O2/c1-29-24(32)16-23(22-8-11-26-18-27-22)28-25(29)33-21-9-14-31(15-10-21)20-6-4-19(5-7-20)17-30-12-2-3-13-30/h4-8,11,18,21,23,25,28H,2-3,9-10,12-17H2,1H3. The molecule has 8 heteroatoms. The summed E-state index contributed by atoms with van der Waals surface area (Å²) in [5, 5.41) is 3.45. The van der Waals surface area contributed by atoms with E-state index in [1.54, 1.807) is 18.1 Å². The van der Waals surface area contributed by atoms with Crippen LogP contribution in [0.3, 0.4) is 0 Å². The molecule has 0 spiro atoms. The van der Waals surface area contributed by atoms with E-state index in [0.717, 1.165) is 38.2 Å². The fourth-order valence-electron chi connectivity index (χ4n) is 5.06. The molecular formula is C25H34N6O2. The average Bonchev–Trinajstić information content (AvgIpc) is 3.36. The van der Waals surface area contributed by atoms with Crippen LogP contribution in [0.4, 0.5) is 5.69 Å². The van der Waals surface area contributed by atoms with E-state index in [0.29, 0.717) is 6.42 Å². The Kier molecular flexibility index (Phi) is 6.85. The minimum Gasteiger partial charge on any atom is -0.371 e. The maximum atomic E-state index is 12.6. The molecule has 3 fully saturated rings. The zero-order valence-corrected chi connectivity index (χ0v) is 19.4. The molecule has 3 saturated heterocycles. The molecule has 2 atom stereocenters. The first-order valence-electron chi connectivity index (χ1n) is 12.1. The molecule has 33 heavy (non-hydrogen) atoms. The van der Waals surface area contributed by atoms with Gasteiger partial charge >= 0.3 is 0 Å². The summed E-state index contributed by atoms with van der Waals surface area (Å²) in [5.74, 6) is 0.0637. The summed E-state index contributed by atoms with van der Waals surface area (Å²) in [6.07, 6.45) is 7.82. The van der Waals surface area contributed by atoms with Crippen LogP contribution >= 0.6 is 0 Å². The van der Waals surface area contributed by atoms with Gasteiger partial charge in [-0.25, -0.2) is 9.97 Å². The van der Waals surface area contributed by atoms with Crippen LogP contribution in [-0.2, 0) is 16.1 Å². The van der Waals surface area contributed by atoms with Crippen molar-refractivity contribution in [2.75, 3.05) is 38.1 Å². The van der Waals surface area contributed by atoms with Gasteiger partial charge in [-0.05, 0) is 62.5 Å². The fourth-order valence-corrected chi connectivity index (χ4v) is 5.06. The zero-order valence-electron chi connectivity index (χ0n) is 19.4. The normalized spacial score (nSPS) is 25.1. The predicted octanol–water partition coefficient (Wildman–Crippen LogP) is 2.53. The van der Waals surface area contributed by atoms with Crippen molar-refractivity contribution in [1.82, 2.24) is 25.1 Å². The Morgan fingerprint density at radius 1 is 1.06 bits per heavy atom. The van der Waals surface area contributed by atoms with Crippen LogP contribution in [0.5, 0.6) is 0 Å². The summed E-state index contributed by atoms with van der Waals surface area (Å²) < 4.78 is 6.36. The molecule has 5 rings (SSSR count). The molecule has 8 nitrogen and oxygen atoms in total. The number of likely N-dealkylation sites (tertiary alicyclic amines) is 1. The van der Waals surface area contributed by atoms with Gasteiger partial charge in [-0.2, -0.15) is 0 Å². The van der Waals surface area contributed by atoms with Crippen LogP contribution in [0.2, 0.25) is 0 Å². The van der Waals surface area contributed by atoms with E-state index >= 15 is 0 Å². The highest BCUT2D eigenvalue weighted by Gasteiger charge is 2.35. The summed E-state index contributed by atoms with van der Waals surface area (Å²) in [5.41, 5.74) is 3.50. The molecule has 3 aliphatic heterocycles. The van der Waals surface area contributed by atoms with Crippen LogP contribution in [0.15, 0.2) is 42.9 Å².